The number of aromatic nitrogens is 2. The van der Waals surface area contributed by atoms with E-state index in [2.05, 4.69) is 31.7 Å². The first kappa shape index (κ1) is 20.2. The number of amides is 2. The molecule has 2 amide bonds. The molecule has 9 nitrogen and oxygen atoms in total. The van der Waals surface area contributed by atoms with Gasteiger partial charge in [-0.05, 0) is 51.8 Å². The van der Waals surface area contributed by atoms with Crippen LogP contribution in [0.3, 0.4) is 0 Å². The van der Waals surface area contributed by atoms with Crippen molar-refractivity contribution >= 4 is 39.1 Å². The van der Waals surface area contributed by atoms with E-state index in [0.717, 1.165) is 5.56 Å². The summed E-state index contributed by atoms with van der Waals surface area (Å²) in [6.07, 6.45) is 3.29. The molecule has 0 unspecified atom stereocenters. The van der Waals surface area contributed by atoms with Crippen LogP contribution < -0.4 is 10.6 Å². The second kappa shape index (κ2) is 9.11. The Bertz CT molecular complexity index is 1050. The number of hydrogen-bond acceptors (Lipinski definition) is 5. The number of benzene rings is 2. The standard InChI is InChI=1S/C19H16BrN5O4/c20-16-6-5-14(10-17(16)25(28)29)19(27)21-11-13-3-1-4-15(9-13)23-18(26)12-24-8-2-7-22-24/h1-10H,11-12H2,(H,21,27)(H,23,26). The molecule has 3 rings (SSSR count). The van der Waals surface area contributed by atoms with Gasteiger partial charge in [-0.1, -0.05) is 12.1 Å². The van der Waals surface area contributed by atoms with Gasteiger partial charge in [-0.15, -0.1) is 0 Å². The van der Waals surface area contributed by atoms with Gasteiger partial charge in [0.05, 0.1) is 9.40 Å². The van der Waals surface area contributed by atoms with Crippen molar-refractivity contribution in [1.29, 1.82) is 0 Å². The molecular weight excluding hydrogens is 442 g/mol. The van der Waals surface area contributed by atoms with Crippen molar-refractivity contribution in [1.82, 2.24) is 15.1 Å². The Labute approximate surface area is 174 Å². The van der Waals surface area contributed by atoms with Crippen LogP contribution in [0.1, 0.15) is 15.9 Å². The minimum absolute atomic E-state index is 0.0936. The van der Waals surface area contributed by atoms with Crippen LogP contribution in [-0.4, -0.2) is 26.5 Å². The lowest BCUT2D eigenvalue weighted by molar-refractivity contribution is -0.385. The highest BCUT2D eigenvalue weighted by molar-refractivity contribution is 9.10. The second-order valence-corrected chi connectivity index (χ2v) is 6.91. The van der Waals surface area contributed by atoms with E-state index in [0.29, 0.717) is 10.2 Å². The molecule has 3 aromatic rings. The number of halogens is 1. The van der Waals surface area contributed by atoms with E-state index in [-0.39, 0.29) is 30.2 Å². The van der Waals surface area contributed by atoms with Gasteiger partial charge in [0.25, 0.3) is 11.6 Å². The van der Waals surface area contributed by atoms with Crippen molar-refractivity contribution in [2.45, 2.75) is 13.1 Å². The van der Waals surface area contributed by atoms with Crippen molar-refractivity contribution in [2.75, 3.05) is 5.32 Å². The number of carbonyl (C=O) groups is 2. The highest BCUT2D eigenvalue weighted by Gasteiger charge is 2.16. The monoisotopic (exact) mass is 457 g/mol. The molecular formula is C19H16BrN5O4. The lowest BCUT2D eigenvalue weighted by atomic mass is 10.1. The first-order chi connectivity index (χ1) is 13.9. The van der Waals surface area contributed by atoms with Crippen LogP contribution in [0.2, 0.25) is 0 Å². The third-order valence-electron chi connectivity index (χ3n) is 3.93. The number of anilines is 1. The fraction of sp³-hybridized carbons (Fsp3) is 0.105. The first-order valence-corrected chi connectivity index (χ1v) is 9.30. The van der Waals surface area contributed by atoms with E-state index in [1.807, 2.05) is 0 Å². The SMILES string of the molecule is O=C(Cn1cccn1)Nc1cccc(CNC(=O)c2ccc(Br)c([N+](=O)[O-])c2)c1. The highest BCUT2D eigenvalue weighted by Crippen LogP contribution is 2.25. The molecule has 0 radical (unpaired) electrons. The Balaban J connectivity index is 1.60. The molecule has 2 N–H and O–H groups in total. The van der Waals surface area contributed by atoms with Crippen LogP contribution in [0.5, 0.6) is 0 Å². The largest absolute Gasteiger partial charge is 0.348 e. The van der Waals surface area contributed by atoms with Crippen LogP contribution in [-0.2, 0) is 17.9 Å². The topological polar surface area (TPSA) is 119 Å². The van der Waals surface area contributed by atoms with Gasteiger partial charge in [0, 0.05) is 36.3 Å². The molecule has 0 saturated carbocycles. The molecule has 0 atom stereocenters. The molecule has 0 aliphatic carbocycles. The summed E-state index contributed by atoms with van der Waals surface area (Å²) in [5.74, 6) is -0.661. The molecule has 148 valence electrons. The molecule has 10 heteroatoms. The number of nitro groups is 1. The van der Waals surface area contributed by atoms with Crippen molar-refractivity contribution < 1.29 is 14.5 Å². The second-order valence-electron chi connectivity index (χ2n) is 6.06. The summed E-state index contributed by atoms with van der Waals surface area (Å²) >= 11 is 3.09. The number of nitro benzene ring substituents is 1. The van der Waals surface area contributed by atoms with Crippen LogP contribution in [0.25, 0.3) is 0 Å². The summed E-state index contributed by atoms with van der Waals surface area (Å²) < 4.78 is 1.81. The summed E-state index contributed by atoms with van der Waals surface area (Å²) in [6, 6.07) is 12.9. The van der Waals surface area contributed by atoms with Crippen LogP contribution in [0.4, 0.5) is 11.4 Å². The lowest BCUT2D eigenvalue weighted by Crippen LogP contribution is -2.23. The number of rotatable bonds is 7. The maximum absolute atomic E-state index is 12.3. The average Bonchev–Trinajstić information content (AvgIpc) is 3.19. The summed E-state index contributed by atoms with van der Waals surface area (Å²) in [6.45, 7) is 0.294. The molecule has 0 aliphatic heterocycles. The zero-order valence-electron chi connectivity index (χ0n) is 15.0. The Kier molecular flexibility index (Phi) is 6.35. The van der Waals surface area contributed by atoms with Gasteiger partial charge in [-0.3, -0.25) is 24.4 Å². The van der Waals surface area contributed by atoms with Gasteiger partial charge in [-0.25, -0.2) is 0 Å². The summed E-state index contributed by atoms with van der Waals surface area (Å²) in [5, 5.41) is 20.5. The third-order valence-corrected chi connectivity index (χ3v) is 4.60. The van der Waals surface area contributed by atoms with E-state index in [9.17, 15) is 19.7 Å². The third kappa shape index (κ3) is 5.48. The van der Waals surface area contributed by atoms with E-state index < -0.39 is 10.8 Å². The molecule has 0 fully saturated rings. The van der Waals surface area contributed by atoms with Crippen molar-refractivity contribution in [2.24, 2.45) is 0 Å². The Hall–Kier alpha value is -3.53. The minimum Gasteiger partial charge on any atom is -0.348 e. The van der Waals surface area contributed by atoms with Crippen molar-refractivity contribution in [3.63, 3.8) is 0 Å². The van der Waals surface area contributed by atoms with Gasteiger partial charge >= 0.3 is 0 Å². The molecule has 0 bridgehead atoms. The van der Waals surface area contributed by atoms with Crippen LogP contribution >= 0.6 is 15.9 Å². The van der Waals surface area contributed by atoms with E-state index in [4.69, 9.17) is 0 Å². The number of nitrogens with zero attached hydrogens (tertiary/aromatic N) is 3. The number of hydrogen-bond donors (Lipinski definition) is 2. The molecule has 1 heterocycles. The highest BCUT2D eigenvalue weighted by atomic mass is 79.9. The zero-order valence-corrected chi connectivity index (χ0v) is 16.6. The van der Waals surface area contributed by atoms with Gasteiger partial charge in [0.1, 0.15) is 6.54 Å². The smallest absolute Gasteiger partial charge is 0.284 e. The first-order valence-electron chi connectivity index (χ1n) is 8.51. The fourth-order valence-corrected chi connectivity index (χ4v) is 2.97. The van der Waals surface area contributed by atoms with E-state index in [1.165, 1.54) is 22.9 Å². The Morgan fingerprint density at radius 3 is 2.72 bits per heavy atom. The zero-order chi connectivity index (χ0) is 20.8. The van der Waals surface area contributed by atoms with E-state index in [1.54, 1.807) is 42.7 Å². The normalized spacial score (nSPS) is 10.4. The average molecular weight is 458 g/mol. The van der Waals surface area contributed by atoms with Crippen molar-refractivity contribution in [3.8, 4) is 0 Å². The molecule has 2 aromatic carbocycles. The summed E-state index contributed by atoms with van der Waals surface area (Å²) in [5.41, 5.74) is 1.36. The lowest BCUT2D eigenvalue weighted by Gasteiger charge is -2.09. The van der Waals surface area contributed by atoms with Gasteiger partial charge in [0.15, 0.2) is 0 Å². The molecule has 0 aliphatic rings. The van der Waals surface area contributed by atoms with E-state index >= 15 is 0 Å². The summed E-state index contributed by atoms with van der Waals surface area (Å²) in [4.78, 5) is 34.8. The predicted octanol–water partition coefficient (Wildman–Crippen LogP) is 3.12. The minimum atomic E-state index is -0.559. The van der Waals surface area contributed by atoms with Gasteiger partial charge < -0.3 is 10.6 Å². The maximum Gasteiger partial charge on any atom is 0.284 e. The van der Waals surface area contributed by atoms with Gasteiger partial charge in [-0.2, -0.15) is 5.10 Å². The molecule has 1 aromatic heterocycles. The molecule has 0 spiro atoms. The quantitative estimate of drug-likeness (QED) is 0.417. The Morgan fingerprint density at radius 2 is 2.00 bits per heavy atom. The predicted molar refractivity (Wildman–Crippen MR) is 109 cm³/mol. The van der Waals surface area contributed by atoms with Gasteiger partial charge in [0.2, 0.25) is 5.91 Å². The Morgan fingerprint density at radius 1 is 1.17 bits per heavy atom. The van der Waals surface area contributed by atoms with Crippen LogP contribution in [0.15, 0.2) is 65.4 Å². The number of carbonyl (C=O) groups excluding carboxylic acids is 2. The maximum atomic E-state index is 12.3. The number of nitrogens with one attached hydrogen (secondary N) is 2. The van der Waals surface area contributed by atoms with Crippen LogP contribution in [0, 0.1) is 10.1 Å². The molecule has 29 heavy (non-hydrogen) atoms. The fourth-order valence-electron chi connectivity index (χ4n) is 2.58. The molecule has 0 saturated heterocycles. The van der Waals surface area contributed by atoms with Crippen molar-refractivity contribution in [3.05, 3.63) is 86.6 Å². The summed E-state index contributed by atoms with van der Waals surface area (Å²) in [7, 11) is 0.